The zero-order valence-corrected chi connectivity index (χ0v) is 4.85. The SMILES string of the molecule is [CH2].[CH2].[CH2].[Ir]. The fourth-order valence-electron chi connectivity index (χ4n) is 0. The van der Waals surface area contributed by atoms with Crippen molar-refractivity contribution in [2.75, 3.05) is 0 Å². The molecule has 4 heavy (non-hydrogen) atoms. The molecule has 0 unspecified atom stereocenters. The third kappa shape index (κ3) is 17.1. The molecule has 0 nitrogen and oxygen atoms in total. The molecular weight excluding hydrogens is 228 g/mol. The quantitative estimate of drug-likeness (QED) is 0.586. The van der Waals surface area contributed by atoms with Crippen molar-refractivity contribution in [3.8, 4) is 0 Å². The van der Waals surface area contributed by atoms with Crippen LogP contribution >= 0.6 is 0 Å². The molecule has 7 radical (unpaired) electrons. The van der Waals surface area contributed by atoms with Gasteiger partial charge < -0.3 is 0 Å². The van der Waals surface area contributed by atoms with Gasteiger partial charge in [-0.15, -0.1) is 0 Å². The molecule has 0 heterocycles. The summed E-state index contributed by atoms with van der Waals surface area (Å²) in [6.07, 6.45) is 0. The summed E-state index contributed by atoms with van der Waals surface area (Å²) in [6.45, 7) is 0. The van der Waals surface area contributed by atoms with Gasteiger partial charge >= 0.3 is 0 Å². The molecule has 0 bridgehead atoms. The minimum absolute atomic E-state index is 0. The van der Waals surface area contributed by atoms with Crippen LogP contribution in [0.25, 0.3) is 0 Å². The van der Waals surface area contributed by atoms with Crippen LogP contribution in [-0.2, 0) is 20.1 Å². The molecule has 1 heteroatoms. The van der Waals surface area contributed by atoms with Gasteiger partial charge in [-0.2, -0.15) is 0 Å². The molecule has 0 saturated carbocycles. The van der Waals surface area contributed by atoms with E-state index in [4.69, 9.17) is 0 Å². The van der Waals surface area contributed by atoms with Gasteiger partial charge in [0.25, 0.3) is 0 Å². The molecule has 0 fully saturated rings. The maximum absolute atomic E-state index is 0. The molecule has 0 N–H and O–H groups in total. The number of rotatable bonds is 0. The fraction of sp³-hybridized carbons (Fsp3) is 0. The van der Waals surface area contributed by atoms with Crippen molar-refractivity contribution < 1.29 is 20.1 Å². The molecule has 27 valence electrons. The molecule has 0 aromatic heterocycles. The molecular formula is C3H6Ir. The molecule has 0 spiro atoms. The average molecular weight is 234 g/mol. The van der Waals surface area contributed by atoms with Crippen LogP contribution in [0.2, 0.25) is 0 Å². The van der Waals surface area contributed by atoms with Crippen LogP contribution in [0.3, 0.4) is 0 Å². The fourth-order valence-corrected chi connectivity index (χ4v) is 0. The first-order valence-corrected chi connectivity index (χ1v) is 0. The van der Waals surface area contributed by atoms with Crippen LogP contribution in [0.4, 0.5) is 0 Å². The van der Waals surface area contributed by atoms with Gasteiger partial charge in [0.2, 0.25) is 0 Å². The summed E-state index contributed by atoms with van der Waals surface area (Å²) in [6, 6.07) is 0. The Labute approximate surface area is 43.0 Å². The van der Waals surface area contributed by atoms with Crippen LogP contribution < -0.4 is 0 Å². The summed E-state index contributed by atoms with van der Waals surface area (Å²) in [5.74, 6) is 0. The second-order valence-corrected chi connectivity index (χ2v) is 0. The van der Waals surface area contributed by atoms with Gasteiger partial charge in [-0.25, -0.2) is 0 Å². The molecule has 0 aromatic carbocycles. The summed E-state index contributed by atoms with van der Waals surface area (Å²) in [5.41, 5.74) is 0. The molecule has 0 atom stereocenters. The summed E-state index contributed by atoms with van der Waals surface area (Å²) in [7, 11) is 0. The van der Waals surface area contributed by atoms with Gasteiger partial charge in [0, 0.05) is 20.1 Å². The van der Waals surface area contributed by atoms with Crippen LogP contribution in [-0.4, -0.2) is 0 Å². The first-order valence-electron chi connectivity index (χ1n) is 0. The predicted molar refractivity (Wildman–Crippen MR) is 16.1 cm³/mol. The van der Waals surface area contributed by atoms with Gasteiger partial charge in [0.05, 0.1) is 0 Å². The Kier molecular flexibility index (Phi) is 2230. The minimum Gasteiger partial charge on any atom is -0.0533 e. The van der Waals surface area contributed by atoms with E-state index in [0.717, 1.165) is 0 Å². The summed E-state index contributed by atoms with van der Waals surface area (Å²) < 4.78 is 0. The third-order valence-corrected chi connectivity index (χ3v) is 0. The Morgan fingerprint density at radius 2 is 0.500 bits per heavy atom. The van der Waals surface area contributed by atoms with Crippen molar-refractivity contribution in [2.24, 2.45) is 0 Å². The maximum atomic E-state index is 0. The van der Waals surface area contributed by atoms with Crippen molar-refractivity contribution in [3.05, 3.63) is 22.3 Å². The Hall–Kier alpha value is 0.649. The second-order valence-electron chi connectivity index (χ2n) is 0. The van der Waals surface area contributed by atoms with E-state index in [-0.39, 0.29) is 42.4 Å². The predicted octanol–water partition coefficient (Wildman–Crippen LogP) is 0.979. The van der Waals surface area contributed by atoms with E-state index in [0.29, 0.717) is 0 Å². The zero-order chi connectivity index (χ0) is 0. The van der Waals surface area contributed by atoms with E-state index < -0.39 is 0 Å². The topological polar surface area (TPSA) is 0 Å². The largest absolute Gasteiger partial charge is 0.0533 e. The van der Waals surface area contributed by atoms with Crippen LogP contribution in [0.1, 0.15) is 0 Å². The Bertz CT molecular complexity index is 3.25. The van der Waals surface area contributed by atoms with Crippen LogP contribution in [0, 0.1) is 22.3 Å². The maximum Gasteiger partial charge on any atom is 0 e. The van der Waals surface area contributed by atoms with Crippen molar-refractivity contribution in [1.82, 2.24) is 0 Å². The molecule has 0 aliphatic carbocycles. The van der Waals surface area contributed by atoms with E-state index >= 15 is 0 Å². The van der Waals surface area contributed by atoms with E-state index in [1.807, 2.05) is 0 Å². The average Bonchev–Trinajstić information content (AvgIpc) is 0. The Morgan fingerprint density at radius 1 is 0.500 bits per heavy atom. The second kappa shape index (κ2) is 60.7. The molecule has 0 aliphatic rings. The van der Waals surface area contributed by atoms with E-state index in [9.17, 15) is 0 Å². The number of hydrogen-bond donors (Lipinski definition) is 0. The van der Waals surface area contributed by atoms with Crippen molar-refractivity contribution in [2.45, 2.75) is 0 Å². The number of hydrogen-bond acceptors (Lipinski definition) is 0. The summed E-state index contributed by atoms with van der Waals surface area (Å²) >= 11 is 0. The molecule has 0 aromatic rings. The van der Waals surface area contributed by atoms with Gasteiger partial charge in [0.15, 0.2) is 0 Å². The van der Waals surface area contributed by atoms with Gasteiger partial charge in [-0.05, 0) is 0 Å². The monoisotopic (exact) mass is 235 g/mol. The Morgan fingerprint density at radius 3 is 0.500 bits per heavy atom. The van der Waals surface area contributed by atoms with Crippen LogP contribution in [0.15, 0.2) is 0 Å². The van der Waals surface area contributed by atoms with Gasteiger partial charge in [-0.1, -0.05) is 22.3 Å². The van der Waals surface area contributed by atoms with E-state index in [1.165, 1.54) is 0 Å². The molecule has 0 amide bonds. The smallest absolute Gasteiger partial charge is 0 e. The van der Waals surface area contributed by atoms with E-state index in [2.05, 4.69) is 0 Å². The van der Waals surface area contributed by atoms with Crippen molar-refractivity contribution in [1.29, 1.82) is 0 Å². The first kappa shape index (κ1) is 147. The normalized spacial score (nSPS) is 0. The molecule has 0 saturated heterocycles. The molecule has 0 rings (SSSR count). The first-order chi connectivity index (χ1) is 0. The zero-order valence-electron chi connectivity index (χ0n) is 2.45. The van der Waals surface area contributed by atoms with Crippen molar-refractivity contribution >= 4 is 0 Å². The van der Waals surface area contributed by atoms with Gasteiger partial charge in [0.1, 0.15) is 0 Å². The third-order valence-electron chi connectivity index (χ3n) is 0. The Balaban J connectivity index is 0. The standard InChI is InChI=1S/3CH2.Ir/h3*1H2;. The summed E-state index contributed by atoms with van der Waals surface area (Å²) in [5, 5.41) is 0. The summed E-state index contributed by atoms with van der Waals surface area (Å²) in [4.78, 5) is 0. The molecule has 0 aliphatic heterocycles. The van der Waals surface area contributed by atoms with E-state index in [1.54, 1.807) is 0 Å². The van der Waals surface area contributed by atoms with Gasteiger partial charge in [-0.3, -0.25) is 0 Å². The van der Waals surface area contributed by atoms with Crippen LogP contribution in [0.5, 0.6) is 0 Å². The van der Waals surface area contributed by atoms with Crippen molar-refractivity contribution in [3.63, 3.8) is 0 Å². The minimum atomic E-state index is 0.